The second kappa shape index (κ2) is 8.51. The smallest absolute Gasteiger partial charge is 0.243 e. The molecule has 3 aromatic rings. The molecule has 1 heterocycles. The highest BCUT2D eigenvalue weighted by Crippen LogP contribution is 2.35. The molecular formula is C22H21ClFN3OS. The van der Waals surface area contributed by atoms with Gasteiger partial charge in [0.25, 0.3) is 0 Å². The Morgan fingerprint density at radius 1 is 1.24 bits per heavy atom. The average Bonchev–Trinajstić information content (AvgIpc) is 3.40. The van der Waals surface area contributed by atoms with Gasteiger partial charge in [-0.25, -0.2) is 9.37 Å². The van der Waals surface area contributed by atoms with Crippen LogP contribution in [0.4, 0.5) is 15.2 Å². The number of hydrogen-bond acceptors (Lipinski definition) is 4. The normalized spacial score (nSPS) is 14.4. The Bertz CT molecular complexity index is 986. The molecule has 0 bridgehead atoms. The Balaban J connectivity index is 1.70. The minimum absolute atomic E-state index is 0.00322. The Hall–Kier alpha value is -2.44. The van der Waals surface area contributed by atoms with E-state index < -0.39 is 0 Å². The number of benzene rings is 2. The third-order valence-electron chi connectivity index (χ3n) is 4.87. The summed E-state index contributed by atoms with van der Waals surface area (Å²) in [5.41, 5.74) is 2.44. The van der Waals surface area contributed by atoms with Gasteiger partial charge in [-0.2, -0.15) is 0 Å². The van der Waals surface area contributed by atoms with E-state index in [9.17, 15) is 9.18 Å². The molecule has 1 aromatic heterocycles. The molecule has 150 valence electrons. The molecule has 0 spiro atoms. The van der Waals surface area contributed by atoms with Gasteiger partial charge in [0.1, 0.15) is 11.9 Å². The van der Waals surface area contributed by atoms with Crippen molar-refractivity contribution in [2.45, 2.75) is 38.3 Å². The molecule has 1 atom stereocenters. The lowest BCUT2D eigenvalue weighted by Gasteiger charge is -2.30. The predicted molar refractivity (Wildman–Crippen MR) is 116 cm³/mol. The zero-order chi connectivity index (χ0) is 20.4. The van der Waals surface area contributed by atoms with Crippen LogP contribution in [0, 0.1) is 5.82 Å². The SMILES string of the molecule is CC[C@@H](C(=O)NC1CC1)N(c1ccc(Cl)cc1)c1nc(-c2ccc(F)cc2)cs1. The summed E-state index contributed by atoms with van der Waals surface area (Å²) in [7, 11) is 0. The van der Waals surface area contributed by atoms with Crippen LogP contribution >= 0.6 is 22.9 Å². The molecule has 1 saturated carbocycles. The molecule has 1 amide bonds. The fourth-order valence-electron chi connectivity index (χ4n) is 3.16. The van der Waals surface area contributed by atoms with Crippen LogP contribution in [0.2, 0.25) is 5.02 Å². The molecule has 4 nitrogen and oxygen atoms in total. The van der Waals surface area contributed by atoms with Gasteiger partial charge in [-0.1, -0.05) is 18.5 Å². The lowest BCUT2D eigenvalue weighted by atomic mass is 10.1. The first kappa shape index (κ1) is 19.9. The van der Waals surface area contributed by atoms with Crippen molar-refractivity contribution in [3.05, 3.63) is 64.8 Å². The fraction of sp³-hybridized carbons (Fsp3) is 0.273. The minimum atomic E-state index is -0.385. The van der Waals surface area contributed by atoms with Gasteiger partial charge >= 0.3 is 0 Å². The number of anilines is 2. The Morgan fingerprint density at radius 3 is 2.55 bits per heavy atom. The van der Waals surface area contributed by atoms with Crippen molar-refractivity contribution in [2.24, 2.45) is 0 Å². The molecule has 0 aliphatic heterocycles. The van der Waals surface area contributed by atoms with Crippen LogP contribution in [-0.4, -0.2) is 23.0 Å². The molecule has 0 unspecified atom stereocenters. The van der Waals surface area contributed by atoms with E-state index in [2.05, 4.69) is 5.32 Å². The molecule has 0 saturated heterocycles. The number of halogens is 2. The molecule has 7 heteroatoms. The summed E-state index contributed by atoms with van der Waals surface area (Å²) in [4.78, 5) is 19.7. The van der Waals surface area contributed by atoms with Gasteiger partial charge in [0, 0.05) is 27.7 Å². The predicted octanol–water partition coefficient (Wildman–Crippen LogP) is 5.80. The fourth-order valence-corrected chi connectivity index (χ4v) is 4.19. The molecular weight excluding hydrogens is 409 g/mol. The highest BCUT2D eigenvalue weighted by molar-refractivity contribution is 7.14. The number of thiazole rings is 1. The molecule has 4 rings (SSSR count). The van der Waals surface area contributed by atoms with Crippen LogP contribution in [0.25, 0.3) is 11.3 Å². The van der Waals surface area contributed by atoms with Gasteiger partial charge in [0.15, 0.2) is 5.13 Å². The molecule has 1 N–H and O–H groups in total. The summed E-state index contributed by atoms with van der Waals surface area (Å²) >= 11 is 7.53. The summed E-state index contributed by atoms with van der Waals surface area (Å²) in [6.07, 6.45) is 2.71. The average molecular weight is 430 g/mol. The number of rotatable bonds is 7. The maximum Gasteiger partial charge on any atom is 0.243 e. The molecule has 29 heavy (non-hydrogen) atoms. The summed E-state index contributed by atoms with van der Waals surface area (Å²) in [6, 6.07) is 13.6. The Kier molecular flexibility index (Phi) is 5.83. The quantitative estimate of drug-likeness (QED) is 0.516. The van der Waals surface area contributed by atoms with Crippen LogP contribution in [0.5, 0.6) is 0 Å². The second-order valence-corrected chi connectivity index (χ2v) is 8.35. The zero-order valence-electron chi connectivity index (χ0n) is 15.9. The summed E-state index contributed by atoms with van der Waals surface area (Å²) < 4.78 is 13.3. The monoisotopic (exact) mass is 429 g/mol. The van der Waals surface area contributed by atoms with E-state index in [1.54, 1.807) is 12.1 Å². The van der Waals surface area contributed by atoms with Crippen LogP contribution in [0.3, 0.4) is 0 Å². The number of nitrogens with zero attached hydrogens (tertiary/aromatic N) is 2. The second-order valence-electron chi connectivity index (χ2n) is 7.08. The summed E-state index contributed by atoms with van der Waals surface area (Å²) in [6.45, 7) is 1.99. The van der Waals surface area contributed by atoms with E-state index in [0.717, 1.165) is 29.8 Å². The van der Waals surface area contributed by atoms with Crippen molar-refractivity contribution in [3.8, 4) is 11.3 Å². The van der Waals surface area contributed by atoms with Crippen LogP contribution in [-0.2, 0) is 4.79 Å². The first-order chi connectivity index (χ1) is 14.0. The topological polar surface area (TPSA) is 45.2 Å². The molecule has 2 aromatic carbocycles. The van der Waals surface area contributed by atoms with Crippen molar-refractivity contribution in [2.75, 3.05) is 4.90 Å². The van der Waals surface area contributed by atoms with E-state index in [0.29, 0.717) is 16.6 Å². The third-order valence-corrected chi connectivity index (χ3v) is 5.96. The van der Waals surface area contributed by atoms with Gasteiger partial charge in [-0.05, 0) is 67.8 Å². The highest BCUT2D eigenvalue weighted by atomic mass is 35.5. The Morgan fingerprint density at radius 2 is 1.93 bits per heavy atom. The van der Waals surface area contributed by atoms with Crippen molar-refractivity contribution >= 4 is 39.7 Å². The van der Waals surface area contributed by atoms with Crippen LogP contribution in [0.15, 0.2) is 53.9 Å². The maximum atomic E-state index is 13.3. The third kappa shape index (κ3) is 4.60. The number of amides is 1. The minimum Gasteiger partial charge on any atom is -0.352 e. The van der Waals surface area contributed by atoms with E-state index in [1.807, 2.05) is 41.5 Å². The largest absolute Gasteiger partial charge is 0.352 e. The first-order valence-electron chi connectivity index (χ1n) is 9.62. The number of carbonyl (C=O) groups is 1. The number of hydrogen-bond donors (Lipinski definition) is 1. The zero-order valence-corrected chi connectivity index (χ0v) is 17.5. The van der Waals surface area contributed by atoms with E-state index in [-0.39, 0.29) is 23.8 Å². The van der Waals surface area contributed by atoms with Gasteiger partial charge in [0.05, 0.1) is 5.69 Å². The molecule has 1 fully saturated rings. The van der Waals surface area contributed by atoms with Gasteiger partial charge < -0.3 is 10.2 Å². The summed E-state index contributed by atoms with van der Waals surface area (Å²) in [5.74, 6) is -0.279. The van der Waals surface area contributed by atoms with Crippen molar-refractivity contribution in [1.82, 2.24) is 10.3 Å². The van der Waals surface area contributed by atoms with Gasteiger partial charge in [-0.3, -0.25) is 4.79 Å². The van der Waals surface area contributed by atoms with Crippen LogP contribution in [0.1, 0.15) is 26.2 Å². The van der Waals surface area contributed by atoms with Gasteiger partial charge in [-0.15, -0.1) is 11.3 Å². The molecule has 1 aliphatic rings. The number of nitrogens with one attached hydrogen (secondary N) is 1. The van der Waals surface area contributed by atoms with Gasteiger partial charge in [0.2, 0.25) is 5.91 Å². The Labute approximate surface area is 178 Å². The lowest BCUT2D eigenvalue weighted by Crippen LogP contribution is -2.45. The summed E-state index contributed by atoms with van der Waals surface area (Å²) in [5, 5.41) is 6.38. The first-order valence-corrected chi connectivity index (χ1v) is 10.9. The van der Waals surface area contributed by atoms with Crippen molar-refractivity contribution in [3.63, 3.8) is 0 Å². The number of carbonyl (C=O) groups excluding carboxylic acids is 1. The maximum absolute atomic E-state index is 13.3. The molecule has 0 radical (unpaired) electrons. The number of aromatic nitrogens is 1. The van der Waals surface area contributed by atoms with E-state index >= 15 is 0 Å². The van der Waals surface area contributed by atoms with E-state index in [1.165, 1.54) is 23.5 Å². The molecule has 1 aliphatic carbocycles. The van der Waals surface area contributed by atoms with E-state index in [4.69, 9.17) is 16.6 Å². The van der Waals surface area contributed by atoms with Crippen molar-refractivity contribution in [1.29, 1.82) is 0 Å². The standard InChI is InChI=1S/C22H21ClFN3OS/c1-2-20(21(28)25-17-9-10-17)27(18-11-5-15(23)6-12-18)22-26-19(13-29-22)14-3-7-16(24)8-4-14/h3-8,11-13,17,20H,2,9-10H2,1H3,(H,25,28)/t20-/m0/s1. The highest BCUT2D eigenvalue weighted by Gasteiger charge is 2.32. The van der Waals surface area contributed by atoms with Crippen molar-refractivity contribution < 1.29 is 9.18 Å². The van der Waals surface area contributed by atoms with Crippen LogP contribution < -0.4 is 10.2 Å². The lowest BCUT2D eigenvalue weighted by molar-refractivity contribution is -0.122.